The van der Waals surface area contributed by atoms with Crippen molar-refractivity contribution in [1.29, 1.82) is 0 Å². The summed E-state index contributed by atoms with van der Waals surface area (Å²) in [5.41, 5.74) is 0. The van der Waals surface area contributed by atoms with Crippen molar-refractivity contribution in [3.05, 3.63) is 97.2 Å². The van der Waals surface area contributed by atoms with Crippen LogP contribution in [0.5, 0.6) is 0 Å². The molecular weight excluding hydrogens is 1190 g/mol. The molecule has 14 heteroatoms. The number of unbranched alkanes of at least 4 members (excludes halogenated alkanes) is 35. The smallest absolute Gasteiger partial charge is 0.220 e. The Kier molecular flexibility index (Phi) is 59.6. The lowest BCUT2D eigenvalue weighted by Gasteiger charge is -2.46. The van der Waals surface area contributed by atoms with Crippen LogP contribution in [0.3, 0.4) is 0 Å². The van der Waals surface area contributed by atoms with Crippen LogP contribution < -0.4 is 5.32 Å². The molecule has 0 aromatic heterocycles. The van der Waals surface area contributed by atoms with Crippen molar-refractivity contribution in [2.24, 2.45) is 0 Å². The minimum absolute atomic E-state index is 0.208. The van der Waals surface area contributed by atoms with E-state index in [2.05, 4.69) is 116 Å². The van der Waals surface area contributed by atoms with Gasteiger partial charge in [0, 0.05) is 6.42 Å². The van der Waals surface area contributed by atoms with E-state index in [1.54, 1.807) is 0 Å². The fraction of sp³-hybridized carbons (Fsp3) is 0.790. The molecule has 1 amide bonds. The van der Waals surface area contributed by atoms with E-state index in [0.717, 1.165) is 109 Å². The molecule has 95 heavy (non-hydrogen) atoms. The quantitative estimate of drug-likeness (QED) is 0.0204. The van der Waals surface area contributed by atoms with Crippen molar-refractivity contribution in [1.82, 2.24) is 5.32 Å². The van der Waals surface area contributed by atoms with E-state index in [-0.39, 0.29) is 12.5 Å². The van der Waals surface area contributed by atoms with Gasteiger partial charge in [-0.1, -0.05) is 329 Å². The molecule has 2 saturated heterocycles. The van der Waals surface area contributed by atoms with Crippen LogP contribution in [-0.2, 0) is 23.7 Å². The molecule has 0 radical (unpaired) electrons. The number of amides is 1. The minimum Gasteiger partial charge on any atom is -0.394 e. The normalized spacial score (nSPS) is 22.9. The van der Waals surface area contributed by atoms with E-state index >= 15 is 0 Å². The highest BCUT2D eigenvalue weighted by Crippen LogP contribution is 2.30. The summed E-state index contributed by atoms with van der Waals surface area (Å²) in [5, 5.41) is 87.8. The molecule has 2 heterocycles. The van der Waals surface area contributed by atoms with E-state index in [4.69, 9.17) is 18.9 Å². The maximum Gasteiger partial charge on any atom is 0.220 e. The van der Waals surface area contributed by atoms with Gasteiger partial charge in [-0.2, -0.15) is 0 Å². The molecule has 2 aliphatic rings. The van der Waals surface area contributed by atoms with Crippen LogP contribution in [-0.4, -0.2) is 140 Å². The highest BCUT2D eigenvalue weighted by molar-refractivity contribution is 5.76. The molecule has 550 valence electrons. The number of aliphatic hydroxyl groups is 8. The number of carbonyl (C=O) groups excluding carboxylic acids is 1. The second-order valence-corrected chi connectivity index (χ2v) is 27.1. The van der Waals surface area contributed by atoms with Crippen LogP contribution >= 0.6 is 0 Å². The summed E-state index contributed by atoms with van der Waals surface area (Å²) in [6.45, 7) is 2.78. The minimum atomic E-state index is -1.79. The average Bonchev–Trinajstić information content (AvgIpc) is 0.927. The summed E-state index contributed by atoms with van der Waals surface area (Å²) in [6, 6.07) is -0.837. The zero-order chi connectivity index (χ0) is 68.7. The third kappa shape index (κ3) is 47.6. The van der Waals surface area contributed by atoms with E-state index in [9.17, 15) is 45.6 Å². The first-order valence-corrected chi connectivity index (χ1v) is 39.0. The van der Waals surface area contributed by atoms with Gasteiger partial charge in [0.2, 0.25) is 5.91 Å². The zero-order valence-corrected chi connectivity index (χ0v) is 60.1. The van der Waals surface area contributed by atoms with Gasteiger partial charge >= 0.3 is 0 Å². The Morgan fingerprint density at radius 3 is 1.12 bits per heavy atom. The molecule has 12 unspecified atom stereocenters. The van der Waals surface area contributed by atoms with Crippen molar-refractivity contribution in [2.75, 3.05) is 19.8 Å². The van der Waals surface area contributed by atoms with Crippen molar-refractivity contribution in [3.8, 4) is 0 Å². The van der Waals surface area contributed by atoms with Crippen molar-refractivity contribution in [3.63, 3.8) is 0 Å². The Morgan fingerprint density at radius 1 is 0.389 bits per heavy atom. The van der Waals surface area contributed by atoms with Crippen LogP contribution in [0.1, 0.15) is 316 Å². The molecule has 0 bridgehead atoms. The fourth-order valence-corrected chi connectivity index (χ4v) is 12.4. The van der Waals surface area contributed by atoms with E-state index < -0.39 is 86.8 Å². The summed E-state index contributed by atoms with van der Waals surface area (Å²) in [4.78, 5) is 13.4. The van der Waals surface area contributed by atoms with Crippen LogP contribution in [0, 0.1) is 0 Å². The zero-order valence-electron chi connectivity index (χ0n) is 60.1. The van der Waals surface area contributed by atoms with Crippen molar-refractivity contribution in [2.45, 2.75) is 389 Å². The summed E-state index contributed by atoms with van der Waals surface area (Å²) < 4.78 is 23.0. The summed E-state index contributed by atoms with van der Waals surface area (Å²) in [7, 11) is 0. The molecule has 0 saturated carbocycles. The summed E-state index contributed by atoms with van der Waals surface area (Å²) >= 11 is 0. The monoisotopic (exact) mass is 1340 g/mol. The number of nitrogens with one attached hydrogen (secondary N) is 1. The third-order valence-corrected chi connectivity index (χ3v) is 18.6. The van der Waals surface area contributed by atoms with Gasteiger partial charge in [0.1, 0.15) is 48.8 Å². The molecule has 2 aliphatic heterocycles. The van der Waals surface area contributed by atoms with Crippen LogP contribution in [0.15, 0.2) is 97.2 Å². The first-order valence-electron chi connectivity index (χ1n) is 39.0. The Morgan fingerprint density at radius 2 is 0.726 bits per heavy atom. The fourth-order valence-electron chi connectivity index (χ4n) is 12.4. The maximum absolute atomic E-state index is 13.4. The molecule has 0 aromatic carbocycles. The molecule has 0 spiro atoms. The maximum atomic E-state index is 13.4. The number of rotatable bonds is 64. The number of carbonyl (C=O) groups is 1. The predicted octanol–water partition coefficient (Wildman–Crippen LogP) is 17.3. The predicted molar refractivity (Wildman–Crippen MR) is 392 cm³/mol. The van der Waals surface area contributed by atoms with Crippen LogP contribution in [0.25, 0.3) is 0 Å². The van der Waals surface area contributed by atoms with Gasteiger partial charge in [0.25, 0.3) is 0 Å². The lowest BCUT2D eigenvalue weighted by Crippen LogP contribution is -2.65. The summed E-state index contributed by atoms with van der Waals surface area (Å²) in [5.74, 6) is -0.208. The second kappa shape index (κ2) is 64.3. The molecule has 9 N–H and O–H groups in total. The van der Waals surface area contributed by atoms with Crippen LogP contribution in [0.2, 0.25) is 0 Å². The second-order valence-electron chi connectivity index (χ2n) is 27.1. The van der Waals surface area contributed by atoms with Crippen LogP contribution in [0.4, 0.5) is 0 Å². The number of aliphatic hydroxyl groups excluding tert-OH is 8. The van der Waals surface area contributed by atoms with Crippen molar-refractivity contribution < 1.29 is 64.6 Å². The molecular formula is C81H143NO13. The SMILES string of the molecule is CC/C=C\C/C=C\C/C=C\C/C=C\C/C=C\C/C=C\C/C=C\C/C=C\CCCCCCCCCCCCCCC(=O)NC(COC1OC(CO)C(OC2OC(CO)C(O)C(O)C2O)C(O)C1O)C(O)CCCCCCCCCCCCCCCCCCCCCCCCCC. The first-order chi connectivity index (χ1) is 46.6. The van der Waals surface area contributed by atoms with Gasteiger partial charge < -0.3 is 65.1 Å². The number of hydrogen-bond donors (Lipinski definition) is 9. The Balaban J connectivity index is 1.62. The Hall–Kier alpha value is -3.09. The molecule has 0 aliphatic carbocycles. The lowest BCUT2D eigenvalue weighted by molar-refractivity contribution is -0.359. The van der Waals surface area contributed by atoms with Gasteiger partial charge in [-0.05, 0) is 77.0 Å². The highest BCUT2D eigenvalue weighted by Gasteiger charge is 2.51. The molecule has 2 rings (SSSR count). The number of allylic oxidation sites excluding steroid dienone is 16. The topological polar surface area (TPSA) is 228 Å². The Labute approximate surface area is 579 Å². The van der Waals surface area contributed by atoms with Gasteiger partial charge in [-0.25, -0.2) is 0 Å². The average molecular weight is 1340 g/mol. The Bertz CT molecular complexity index is 1970. The van der Waals surface area contributed by atoms with Gasteiger partial charge in [-0.3, -0.25) is 4.79 Å². The summed E-state index contributed by atoms with van der Waals surface area (Å²) in [6.07, 6.45) is 74.3. The van der Waals surface area contributed by atoms with E-state index in [0.29, 0.717) is 12.8 Å². The molecule has 12 atom stereocenters. The largest absolute Gasteiger partial charge is 0.394 e. The van der Waals surface area contributed by atoms with E-state index in [1.165, 1.54) is 180 Å². The first kappa shape index (κ1) is 88.0. The number of hydrogen-bond acceptors (Lipinski definition) is 13. The van der Waals surface area contributed by atoms with Gasteiger partial charge in [-0.15, -0.1) is 0 Å². The third-order valence-electron chi connectivity index (χ3n) is 18.6. The molecule has 14 nitrogen and oxygen atoms in total. The standard InChI is InChI=1S/C81H143NO13/c1-3-5-7-9-11-13-15-17-19-21-23-25-27-29-30-31-32-33-34-35-36-37-38-39-40-41-43-45-47-49-51-53-55-57-59-61-63-65-73(86)82-69(68-92-80-78(91)76(89)79(72(67-84)94-80)95-81-77(90)75(88)74(87)71(66-83)93-81)70(85)64-62-60-58-56-54-52-50-48-46-44-42-28-26-24-22-20-18-16-14-12-10-8-6-4-2/h5,7,11,13,17,19,23,25,29-30,32-33,35-36,38-39,69-72,74-81,83-85,87-91H,3-4,6,8-10,12,14-16,18,20-22,24,26-28,31,34,37,40-68H2,1-2H3,(H,82,86)/b7-5-,13-11-,19-17-,25-23-,30-29-,33-32-,36-35-,39-38-. The van der Waals surface area contributed by atoms with Gasteiger partial charge in [0.05, 0.1) is 32.0 Å². The number of ether oxygens (including phenoxy) is 4. The van der Waals surface area contributed by atoms with Gasteiger partial charge in [0.15, 0.2) is 12.6 Å². The molecule has 0 aromatic rings. The highest BCUT2D eigenvalue weighted by atomic mass is 16.7. The van der Waals surface area contributed by atoms with E-state index in [1.807, 2.05) is 0 Å². The van der Waals surface area contributed by atoms with Crippen molar-refractivity contribution >= 4 is 5.91 Å². The lowest BCUT2D eigenvalue weighted by atomic mass is 9.97. The molecule has 2 fully saturated rings.